The van der Waals surface area contributed by atoms with Gasteiger partial charge in [-0.05, 0) is 25.1 Å². The first-order valence-electron chi connectivity index (χ1n) is 6.22. The SMILES string of the molecule is C[C@H]1CN(S(=O)(=O)c2ccc(F)cc2C(F)(F)F)CCN1. The van der Waals surface area contributed by atoms with E-state index in [4.69, 9.17) is 0 Å². The Labute approximate surface area is 119 Å². The quantitative estimate of drug-likeness (QED) is 0.844. The van der Waals surface area contributed by atoms with Crippen LogP contribution in [-0.2, 0) is 16.2 Å². The molecule has 0 unspecified atom stereocenters. The van der Waals surface area contributed by atoms with Gasteiger partial charge in [0.2, 0.25) is 10.0 Å². The van der Waals surface area contributed by atoms with Gasteiger partial charge in [0.1, 0.15) is 5.82 Å². The van der Waals surface area contributed by atoms with Crippen LogP contribution in [0.5, 0.6) is 0 Å². The van der Waals surface area contributed by atoms with E-state index in [1.54, 1.807) is 6.92 Å². The number of hydrogen-bond donors (Lipinski definition) is 1. The first-order valence-corrected chi connectivity index (χ1v) is 7.66. The molecule has 0 saturated carbocycles. The lowest BCUT2D eigenvalue weighted by atomic mass is 10.2. The fraction of sp³-hybridized carbons (Fsp3) is 0.500. The van der Waals surface area contributed by atoms with Crippen molar-refractivity contribution in [1.29, 1.82) is 0 Å². The molecular weight excluding hydrogens is 312 g/mol. The lowest BCUT2D eigenvalue weighted by molar-refractivity contribution is -0.140. The van der Waals surface area contributed by atoms with Crippen LogP contribution >= 0.6 is 0 Å². The van der Waals surface area contributed by atoms with Crippen LogP contribution in [0.4, 0.5) is 17.6 Å². The van der Waals surface area contributed by atoms with E-state index in [2.05, 4.69) is 5.32 Å². The number of benzene rings is 1. The Morgan fingerprint density at radius 1 is 1.33 bits per heavy atom. The standard InChI is InChI=1S/C12H14F4N2O2S/c1-8-7-18(5-4-17-8)21(19,20)11-3-2-9(13)6-10(11)12(14,15)16/h2-3,6,8,17H,4-5,7H2,1H3/t8-/m0/s1. The third kappa shape index (κ3) is 3.35. The van der Waals surface area contributed by atoms with Gasteiger partial charge in [-0.15, -0.1) is 0 Å². The third-order valence-electron chi connectivity index (χ3n) is 3.20. The van der Waals surface area contributed by atoms with Crippen molar-refractivity contribution in [2.75, 3.05) is 19.6 Å². The second-order valence-electron chi connectivity index (χ2n) is 4.86. The summed E-state index contributed by atoms with van der Waals surface area (Å²) in [7, 11) is -4.32. The Morgan fingerprint density at radius 2 is 2.00 bits per heavy atom. The highest BCUT2D eigenvalue weighted by molar-refractivity contribution is 7.89. The molecule has 118 valence electrons. The van der Waals surface area contributed by atoms with Gasteiger partial charge in [0.25, 0.3) is 0 Å². The van der Waals surface area contributed by atoms with Gasteiger partial charge in [-0.1, -0.05) is 0 Å². The van der Waals surface area contributed by atoms with E-state index in [9.17, 15) is 26.0 Å². The monoisotopic (exact) mass is 326 g/mol. The first kappa shape index (κ1) is 16.2. The number of halogens is 4. The molecule has 1 aliphatic rings. The number of hydrogen-bond acceptors (Lipinski definition) is 3. The zero-order valence-electron chi connectivity index (χ0n) is 11.1. The van der Waals surface area contributed by atoms with Crippen LogP contribution in [0, 0.1) is 5.82 Å². The average Bonchev–Trinajstić information content (AvgIpc) is 2.37. The second kappa shape index (κ2) is 5.54. The highest BCUT2D eigenvalue weighted by atomic mass is 32.2. The number of nitrogens with zero attached hydrogens (tertiary/aromatic N) is 1. The van der Waals surface area contributed by atoms with Gasteiger partial charge in [0.15, 0.2) is 0 Å². The third-order valence-corrected chi connectivity index (χ3v) is 5.12. The predicted molar refractivity (Wildman–Crippen MR) is 67.6 cm³/mol. The second-order valence-corrected chi connectivity index (χ2v) is 6.76. The van der Waals surface area contributed by atoms with Gasteiger partial charge in [-0.2, -0.15) is 17.5 Å². The van der Waals surface area contributed by atoms with Gasteiger partial charge < -0.3 is 5.32 Å². The molecule has 1 heterocycles. The van der Waals surface area contributed by atoms with Crippen molar-refractivity contribution in [3.8, 4) is 0 Å². The lowest BCUT2D eigenvalue weighted by Crippen LogP contribution is -2.51. The van der Waals surface area contributed by atoms with Gasteiger partial charge in [0.05, 0.1) is 10.5 Å². The van der Waals surface area contributed by atoms with E-state index in [0.717, 1.165) is 4.31 Å². The smallest absolute Gasteiger partial charge is 0.312 e. The van der Waals surface area contributed by atoms with Crippen molar-refractivity contribution in [3.63, 3.8) is 0 Å². The molecular formula is C12H14F4N2O2S. The Kier molecular flexibility index (Phi) is 4.27. The molecule has 4 nitrogen and oxygen atoms in total. The van der Waals surface area contributed by atoms with Crippen LogP contribution in [-0.4, -0.2) is 38.4 Å². The van der Waals surface area contributed by atoms with Crippen molar-refractivity contribution >= 4 is 10.0 Å². The maximum absolute atomic E-state index is 13.1. The average molecular weight is 326 g/mol. The summed E-state index contributed by atoms with van der Waals surface area (Å²) in [5, 5.41) is 3.00. The maximum atomic E-state index is 13.1. The van der Waals surface area contributed by atoms with Crippen LogP contribution in [0.3, 0.4) is 0 Å². The topological polar surface area (TPSA) is 49.4 Å². The molecule has 1 fully saturated rings. The van der Waals surface area contributed by atoms with Crippen molar-refractivity contribution in [1.82, 2.24) is 9.62 Å². The minimum Gasteiger partial charge on any atom is -0.312 e. The summed E-state index contributed by atoms with van der Waals surface area (Å²) < 4.78 is 77.6. The molecule has 0 aliphatic carbocycles. The summed E-state index contributed by atoms with van der Waals surface area (Å²) in [4.78, 5) is -0.912. The van der Waals surface area contributed by atoms with Crippen molar-refractivity contribution < 1.29 is 26.0 Å². The lowest BCUT2D eigenvalue weighted by Gasteiger charge is -2.31. The summed E-state index contributed by atoms with van der Waals surface area (Å²) in [5.74, 6) is -1.13. The van der Waals surface area contributed by atoms with E-state index in [0.29, 0.717) is 18.7 Å². The van der Waals surface area contributed by atoms with Crippen LogP contribution in [0.25, 0.3) is 0 Å². The summed E-state index contributed by atoms with van der Waals surface area (Å²) in [5.41, 5.74) is -1.48. The van der Waals surface area contributed by atoms with Crippen LogP contribution < -0.4 is 5.32 Å². The van der Waals surface area contributed by atoms with Crippen molar-refractivity contribution in [2.24, 2.45) is 0 Å². The Morgan fingerprint density at radius 3 is 2.57 bits per heavy atom. The molecule has 0 amide bonds. The molecule has 0 aromatic heterocycles. The Balaban J connectivity index is 2.50. The van der Waals surface area contributed by atoms with Crippen LogP contribution in [0.1, 0.15) is 12.5 Å². The largest absolute Gasteiger partial charge is 0.417 e. The summed E-state index contributed by atoms with van der Waals surface area (Å²) in [6.45, 7) is 2.22. The van der Waals surface area contributed by atoms with E-state index in [1.165, 1.54) is 0 Å². The maximum Gasteiger partial charge on any atom is 0.417 e. The highest BCUT2D eigenvalue weighted by Gasteiger charge is 2.40. The molecule has 2 rings (SSSR count). The van der Waals surface area contributed by atoms with E-state index >= 15 is 0 Å². The molecule has 1 atom stereocenters. The van der Waals surface area contributed by atoms with E-state index < -0.39 is 32.5 Å². The molecule has 1 aromatic carbocycles. The summed E-state index contributed by atoms with van der Waals surface area (Å²) in [6, 6.07) is 1.43. The van der Waals surface area contributed by atoms with Gasteiger partial charge in [0, 0.05) is 25.7 Å². The number of piperazine rings is 1. The highest BCUT2D eigenvalue weighted by Crippen LogP contribution is 2.35. The molecule has 0 radical (unpaired) electrons. The number of nitrogens with one attached hydrogen (secondary N) is 1. The molecule has 1 aliphatic heterocycles. The van der Waals surface area contributed by atoms with Gasteiger partial charge in [-0.25, -0.2) is 12.8 Å². The van der Waals surface area contributed by atoms with Crippen LogP contribution in [0.15, 0.2) is 23.1 Å². The number of alkyl halides is 3. The predicted octanol–water partition coefficient (Wildman–Crippen LogP) is 1.83. The normalized spacial score (nSPS) is 21.5. The number of rotatable bonds is 2. The minimum atomic E-state index is -4.94. The molecule has 1 N–H and O–H groups in total. The molecule has 1 aromatic rings. The van der Waals surface area contributed by atoms with Crippen molar-refractivity contribution in [2.45, 2.75) is 24.0 Å². The minimum absolute atomic E-state index is 0.0665. The fourth-order valence-corrected chi connectivity index (χ4v) is 3.93. The first-order chi connectivity index (χ1) is 9.62. The molecule has 1 saturated heterocycles. The molecule has 21 heavy (non-hydrogen) atoms. The summed E-state index contributed by atoms with van der Waals surface area (Å²) >= 11 is 0. The van der Waals surface area contributed by atoms with Gasteiger partial charge >= 0.3 is 6.18 Å². The van der Waals surface area contributed by atoms with E-state index in [-0.39, 0.29) is 25.2 Å². The zero-order valence-corrected chi connectivity index (χ0v) is 11.9. The fourth-order valence-electron chi connectivity index (χ4n) is 2.20. The van der Waals surface area contributed by atoms with Crippen LogP contribution in [0.2, 0.25) is 0 Å². The Bertz CT molecular complexity index is 631. The zero-order chi connectivity index (χ0) is 15.8. The summed E-state index contributed by atoms with van der Waals surface area (Å²) in [6.07, 6.45) is -4.94. The number of sulfonamides is 1. The molecule has 0 spiro atoms. The van der Waals surface area contributed by atoms with E-state index in [1.807, 2.05) is 0 Å². The van der Waals surface area contributed by atoms with Gasteiger partial charge in [-0.3, -0.25) is 0 Å². The molecule has 0 bridgehead atoms. The van der Waals surface area contributed by atoms with Crippen molar-refractivity contribution in [3.05, 3.63) is 29.6 Å². The molecule has 9 heteroatoms. The Hall–Kier alpha value is -1.19.